The molecule has 0 unspecified atom stereocenters. The van der Waals surface area contributed by atoms with E-state index in [1.54, 1.807) is 17.5 Å². The summed E-state index contributed by atoms with van der Waals surface area (Å²) in [5, 5.41) is 2.51. The topological polar surface area (TPSA) is 137 Å². The molecule has 1 aliphatic rings. The molecule has 0 aliphatic carbocycles. The van der Waals surface area contributed by atoms with E-state index in [9.17, 15) is 14.4 Å². The standard InChI is InChI=1S/C22H23N5O5S/c1-31-14-5-6-27(17(9-14)12-3-4-18-16(7-12)25-11-33-18)22(30)20(29)26-13-8-15(19(23)28)21(32-2)24-10-13/h3-4,7-8,10-11,14,17H,5-6,9H2,1-2H3,(H2,23,28)(H,26,29)/t14-,17-/m0/s1. The molecule has 2 atom stereocenters. The second-order valence-electron chi connectivity index (χ2n) is 7.58. The van der Waals surface area contributed by atoms with Gasteiger partial charge in [0.05, 0.1) is 46.9 Å². The molecule has 0 saturated carbocycles. The number of rotatable bonds is 5. The number of piperidine rings is 1. The molecular weight excluding hydrogens is 446 g/mol. The third kappa shape index (κ3) is 4.64. The summed E-state index contributed by atoms with van der Waals surface area (Å²) < 4.78 is 11.6. The number of carbonyl (C=O) groups is 3. The van der Waals surface area contributed by atoms with Gasteiger partial charge in [-0.05, 0) is 36.6 Å². The van der Waals surface area contributed by atoms with Crippen molar-refractivity contribution in [2.24, 2.45) is 5.73 Å². The van der Waals surface area contributed by atoms with E-state index in [2.05, 4.69) is 15.3 Å². The van der Waals surface area contributed by atoms with Gasteiger partial charge in [-0.3, -0.25) is 14.4 Å². The summed E-state index contributed by atoms with van der Waals surface area (Å²) in [6, 6.07) is 6.84. The largest absolute Gasteiger partial charge is 0.480 e. The molecule has 33 heavy (non-hydrogen) atoms. The maximum absolute atomic E-state index is 13.2. The number of nitrogens with one attached hydrogen (secondary N) is 1. The monoisotopic (exact) mass is 469 g/mol. The number of fused-ring (bicyclic) bond motifs is 1. The molecule has 1 fully saturated rings. The van der Waals surface area contributed by atoms with Crippen molar-refractivity contribution >= 4 is 45.0 Å². The van der Waals surface area contributed by atoms with E-state index in [0.717, 1.165) is 15.8 Å². The molecule has 3 heterocycles. The number of thiazole rings is 1. The summed E-state index contributed by atoms with van der Waals surface area (Å²) in [5.74, 6) is -2.26. The number of likely N-dealkylation sites (tertiary alicyclic amines) is 1. The van der Waals surface area contributed by atoms with Gasteiger partial charge in [0, 0.05) is 13.7 Å². The summed E-state index contributed by atoms with van der Waals surface area (Å²) >= 11 is 1.54. The van der Waals surface area contributed by atoms with Crippen LogP contribution < -0.4 is 15.8 Å². The van der Waals surface area contributed by atoms with Crippen molar-refractivity contribution in [1.82, 2.24) is 14.9 Å². The van der Waals surface area contributed by atoms with E-state index in [4.69, 9.17) is 15.2 Å². The minimum Gasteiger partial charge on any atom is -0.480 e. The minimum absolute atomic E-state index is 0.00176. The van der Waals surface area contributed by atoms with Crippen LogP contribution in [0.4, 0.5) is 5.69 Å². The molecule has 0 bridgehead atoms. The molecule has 172 valence electrons. The van der Waals surface area contributed by atoms with Gasteiger partial charge in [0.25, 0.3) is 5.91 Å². The Labute approximate surface area is 193 Å². The lowest BCUT2D eigenvalue weighted by atomic mass is 9.93. The van der Waals surface area contributed by atoms with Gasteiger partial charge in [-0.1, -0.05) is 6.07 Å². The molecule has 0 radical (unpaired) electrons. The fraction of sp³-hybridized carbons (Fsp3) is 0.318. The summed E-state index contributed by atoms with van der Waals surface area (Å²) in [6.07, 6.45) is 2.43. The van der Waals surface area contributed by atoms with Gasteiger partial charge in [-0.2, -0.15) is 0 Å². The van der Waals surface area contributed by atoms with Gasteiger partial charge in [-0.25, -0.2) is 9.97 Å². The molecule has 3 N–H and O–H groups in total. The molecule has 10 nitrogen and oxygen atoms in total. The first-order chi connectivity index (χ1) is 15.9. The highest BCUT2D eigenvalue weighted by Crippen LogP contribution is 2.34. The highest BCUT2D eigenvalue weighted by Gasteiger charge is 2.36. The number of primary amides is 1. The fourth-order valence-electron chi connectivity index (χ4n) is 3.96. The Bertz CT molecular complexity index is 1210. The van der Waals surface area contributed by atoms with Gasteiger partial charge >= 0.3 is 11.8 Å². The summed E-state index contributed by atoms with van der Waals surface area (Å²) in [6.45, 7) is 0.359. The van der Waals surface area contributed by atoms with E-state index >= 15 is 0 Å². The average Bonchev–Trinajstić information content (AvgIpc) is 3.31. The fourth-order valence-corrected chi connectivity index (χ4v) is 4.62. The van der Waals surface area contributed by atoms with E-state index in [1.165, 1.54) is 30.7 Å². The van der Waals surface area contributed by atoms with Crippen LogP contribution in [0.2, 0.25) is 0 Å². The number of hydrogen-bond donors (Lipinski definition) is 2. The zero-order chi connectivity index (χ0) is 23.5. The first-order valence-corrected chi connectivity index (χ1v) is 11.1. The quantitative estimate of drug-likeness (QED) is 0.546. The van der Waals surface area contributed by atoms with Gasteiger partial charge in [0.2, 0.25) is 5.88 Å². The van der Waals surface area contributed by atoms with Crippen molar-refractivity contribution in [2.45, 2.75) is 25.0 Å². The third-order valence-corrected chi connectivity index (χ3v) is 6.46. The third-order valence-electron chi connectivity index (χ3n) is 5.65. The summed E-state index contributed by atoms with van der Waals surface area (Å²) in [5.41, 5.74) is 9.01. The molecule has 1 aromatic carbocycles. The number of benzene rings is 1. The highest BCUT2D eigenvalue weighted by atomic mass is 32.1. The molecular formula is C22H23N5O5S. The van der Waals surface area contributed by atoms with Crippen LogP contribution in [0.25, 0.3) is 10.2 Å². The number of nitrogens with two attached hydrogens (primary N) is 1. The van der Waals surface area contributed by atoms with Crippen LogP contribution in [-0.2, 0) is 14.3 Å². The van der Waals surface area contributed by atoms with E-state index < -0.39 is 17.7 Å². The molecule has 2 aromatic heterocycles. The Morgan fingerprint density at radius 1 is 1.21 bits per heavy atom. The summed E-state index contributed by atoms with van der Waals surface area (Å²) in [7, 11) is 2.99. The SMILES string of the molecule is COc1ncc(NC(=O)C(=O)N2CC[C@H](OC)C[C@H]2c2ccc3scnc3c2)cc1C(N)=O. The Morgan fingerprint density at radius 2 is 2.03 bits per heavy atom. The van der Waals surface area contributed by atoms with Crippen LogP contribution in [-0.4, -0.2) is 59.5 Å². The normalized spacial score (nSPS) is 18.2. The van der Waals surface area contributed by atoms with Crippen molar-refractivity contribution < 1.29 is 23.9 Å². The second-order valence-corrected chi connectivity index (χ2v) is 8.46. The Morgan fingerprint density at radius 3 is 2.76 bits per heavy atom. The zero-order valence-electron chi connectivity index (χ0n) is 18.1. The van der Waals surface area contributed by atoms with Crippen LogP contribution in [0.5, 0.6) is 5.88 Å². The molecule has 1 saturated heterocycles. The average molecular weight is 470 g/mol. The van der Waals surface area contributed by atoms with Crippen molar-refractivity contribution in [1.29, 1.82) is 0 Å². The Kier molecular flexibility index (Phi) is 6.52. The Balaban J connectivity index is 1.57. The first-order valence-electron chi connectivity index (χ1n) is 10.2. The molecule has 11 heteroatoms. The van der Waals surface area contributed by atoms with Gasteiger partial charge in [-0.15, -0.1) is 11.3 Å². The second kappa shape index (κ2) is 9.51. The lowest BCUT2D eigenvalue weighted by Crippen LogP contribution is -2.47. The number of anilines is 1. The number of carbonyl (C=O) groups excluding carboxylic acids is 3. The zero-order valence-corrected chi connectivity index (χ0v) is 18.9. The number of amides is 3. The number of nitrogens with zero attached hydrogens (tertiary/aromatic N) is 3. The Hall–Kier alpha value is -3.57. The van der Waals surface area contributed by atoms with Crippen LogP contribution in [0.1, 0.15) is 34.8 Å². The predicted octanol–water partition coefficient (Wildman–Crippen LogP) is 2.12. The van der Waals surface area contributed by atoms with Crippen LogP contribution in [0, 0.1) is 0 Å². The van der Waals surface area contributed by atoms with Crippen molar-refractivity contribution in [2.75, 3.05) is 26.1 Å². The first kappa shape index (κ1) is 22.6. The van der Waals surface area contributed by atoms with Crippen LogP contribution in [0.15, 0.2) is 36.0 Å². The van der Waals surface area contributed by atoms with Gasteiger partial charge < -0.3 is 25.4 Å². The number of methoxy groups -OCH3 is 2. The van der Waals surface area contributed by atoms with Crippen LogP contribution in [0.3, 0.4) is 0 Å². The van der Waals surface area contributed by atoms with Crippen molar-refractivity contribution in [3.8, 4) is 5.88 Å². The van der Waals surface area contributed by atoms with E-state index in [1.807, 2.05) is 18.2 Å². The lowest BCUT2D eigenvalue weighted by molar-refractivity contribution is -0.147. The molecule has 4 rings (SSSR count). The van der Waals surface area contributed by atoms with Crippen molar-refractivity contribution in [3.05, 3.63) is 47.1 Å². The molecule has 3 amide bonds. The van der Waals surface area contributed by atoms with Crippen molar-refractivity contribution in [3.63, 3.8) is 0 Å². The number of hydrogen-bond acceptors (Lipinski definition) is 8. The maximum Gasteiger partial charge on any atom is 0.313 e. The lowest BCUT2D eigenvalue weighted by Gasteiger charge is -2.38. The predicted molar refractivity (Wildman–Crippen MR) is 122 cm³/mol. The molecule has 1 aliphatic heterocycles. The van der Waals surface area contributed by atoms with E-state index in [0.29, 0.717) is 19.4 Å². The van der Waals surface area contributed by atoms with Gasteiger partial charge in [0.15, 0.2) is 0 Å². The van der Waals surface area contributed by atoms with Gasteiger partial charge in [0.1, 0.15) is 5.56 Å². The molecule has 3 aromatic rings. The number of ether oxygens (including phenoxy) is 2. The van der Waals surface area contributed by atoms with E-state index in [-0.39, 0.29) is 29.3 Å². The maximum atomic E-state index is 13.2. The summed E-state index contributed by atoms with van der Waals surface area (Å²) in [4.78, 5) is 47.5. The van der Waals surface area contributed by atoms with Crippen LogP contribution >= 0.6 is 11.3 Å². The number of aromatic nitrogens is 2. The molecule has 0 spiro atoms. The highest BCUT2D eigenvalue weighted by molar-refractivity contribution is 7.16. The minimum atomic E-state index is -0.840. The smallest absolute Gasteiger partial charge is 0.313 e. The number of pyridine rings is 1.